The number of esters is 2. The molecule has 0 aromatic heterocycles. The maximum absolute atomic E-state index is 12.2. The molecule has 0 saturated heterocycles. The fraction of sp³-hybridized carbons (Fsp3) is 0.292. The summed E-state index contributed by atoms with van der Waals surface area (Å²) in [7, 11) is 0. The number of halogens is 1. The second-order valence-corrected chi connectivity index (χ2v) is 6.85. The Morgan fingerprint density at radius 2 is 1.78 bits per heavy atom. The number of nitriles is 1. The lowest BCUT2D eigenvalue weighted by atomic mass is 10.1. The van der Waals surface area contributed by atoms with Gasteiger partial charge in [0.1, 0.15) is 17.4 Å². The maximum Gasteiger partial charge on any atom is 0.348 e. The third-order valence-corrected chi connectivity index (χ3v) is 4.28. The standard InChI is InChI=1S/C24H24ClNO6/c1-3-29-22-15-17(14-18(16-26)24(28)30-4-2)7-12-21(22)32-23(27)6-5-13-31-20-10-8-19(25)9-11-20/h7-12,14-15H,3-6,13H2,1-2H3/b18-14+. The Labute approximate surface area is 192 Å². The van der Waals surface area contributed by atoms with E-state index in [1.54, 1.807) is 56.3 Å². The molecule has 0 heterocycles. The molecule has 0 bridgehead atoms. The number of hydrogen-bond acceptors (Lipinski definition) is 7. The van der Waals surface area contributed by atoms with Gasteiger partial charge in [-0.2, -0.15) is 5.26 Å². The van der Waals surface area contributed by atoms with Crippen molar-refractivity contribution in [3.05, 3.63) is 58.6 Å². The van der Waals surface area contributed by atoms with Crippen LogP contribution in [0.1, 0.15) is 32.3 Å². The van der Waals surface area contributed by atoms with Crippen molar-refractivity contribution in [2.45, 2.75) is 26.7 Å². The van der Waals surface area contributed by atoms with E-state index in [1.807, 2.05) is 6.07 Å². The van der Waals surface area contributed by atoms with Crippen LogP contribution in [0.2, 0.25) is 5.02 Å². The zero-order chi connectivity index (χ0) is 23.3. The predicted octanol–water partition coefficient (Wildman–Crippen LogP) is 4.97. The van der Waals surface area contributed by atoms with Gasteiger partial charge in [-0.15, -0.1) is 0 Å². The van der Waals surface area contributed by atoms with Crippen LogP contribution in [0.3, 0.4) is 0 Å². The Balaban J connectivity index is 1.97. The van der Waals surface area contributed by atoms with E-state index in [0.717, 1.165) is 0 Å². The molecule has 0 spiro atoms. The van der Waals surface area contributed by atoms with E-state index in [4.69, 9.17) is 30.5 Å². The molecule has 0 saturated carbocycles. The summed E-state index contributed by atoms with van der Waals surface area (Å²) < 4.78 is 21.4. The maximum atomic E-state index is 12.2. The van der Waals surface area contributed by atoms with Crippen LogP contribution >= 0.6 is 11.6 Å². The molecule has 0 atom stereocenters. The van der Waals surface area contributed by atoms with Gasteiger partial charge >= 0.3 is 11.9 Å². The fourth-order valence-corrected chi connectivity index (χ4v) is 2.72. The molecule has 2 rings (SSSR count). The van der Waals surface area contributed by atoms with Crippen molar-refractivity contribution in [3.8, 4) is 23.3 Å². The molecule has 8 heteroatoms. The van der Waals surface area contributed by atoms with E-state index in [0.29, 0.717) is 41.7 Å². The molecule has 2 aromatic rings. The van der Waals surface area contributed by atoms with Gasteiger partial charge < -0.3 is 18.9 Å². The molecule has 0 aliphatic heterocycles. The van der Waals surface area contributed by atoms with Crippen molar-refractivity contribution in [2.24, 2.45) is 0 Å². The second-order valence-electron chi connectivity index (χ2n) is 6.41. The molecule has 0 aliphatic rings. The molecular weight excluding hydrogens is 434 g/mol. The van der Waals surface area contributed by atoms with E-state index < -0.39 is 11.9 Å². The summed E-state index contributed by atoms with van der Waals surface area (Å²) in [6, 6.07) is 13.5. The Kier molecular flexibility index (Phi) is 10.1. The number of carbonyl (C=O) groups excluding carboxylic acids is 2. The summed E-state index contributed by atoms with van der Waals surface area (Å²) >= 11 is 5.83. The number of benzene rings is 2. The van der Waals surface area contributed by atoms with Gasteiger partial charge in [-0.3, -0.25) is 4.79 Å². The highest BCUT2D eigenvalue weighted by atomic mass is 35.5. The van der Waals surface area contributed by atoms with Crippen LogP contribution in [0.5, 0.6) is 17.2 Å². The quantitative estimate of drug-likeness (QED) is 0.154. The van der Waals surface area contributed by atoms with Gasteiger partial charge in [0.05, 0.1) is 19.8 Å². The third-order valence-electron chi connectivity index (χ3n) is 4.03. The summed E-state index contributed by atoms with van der Waals surface area (Å²) in [5.41, 5.74) is 0.397. The monoisotopic (exact) mass is 457 g/mol. The molecule has 0 radical (unpaired) electrons. The SMILES string of the molecule is CCOC(=O)/C(C#N)=C/c1ccc(OC(=O)CCCOc2ccc(Cl)cc2)c(OCC)c1. The smallest absolute Gasteiger partial charge is 0.348 e. The Bertz CT molecular complexity index is 995. The van der Waals surface area contributed by atoms with Gasteiger partial charge in [0.25, 0.3) is 0 Å². The molecule has 168 valence electrons. The minimum atomic E-state index is -0.704. The molecule has 0 fully saturated rings. The normalized spacial score (nSPS) is 10.8. The summed E-state index contributed by atoms with van der Waals surface area (Å²) in [6.07, 6.45) is 2.01. The van der Waals surface area contributed by atoms with Crippen molar-refractivity contribution in [1.29, 1.82) is 5.26 Å². The summed E-state index contributed by atoms with van der Waals surface area (Å²) in [5.74, 6) is 0.113. The van der Waals surface area contributed by atoms with E-state index >= 15 is 0 Å². The van der Waals surface area contributed by atoms with Crippen LogP contribution in [0, 0.1) is 11.3 Å². The van der Waals surface area contributed by atoms with E-state index in [-0.39, 0.29) is 24.4 Å². The van der Waals surface area contributed by atoms with Gasteiger partial charge in [0.2, 0.25) is 0 Å². The highest BCUT2D eigenvalue weighted by Crippen LogP contribution is 2.30. The van der Waals surface area contributed by atoms with Gasteiger partial charge in [0, 0.05) is 11.4 Å². The van der Waals surface area contributed by atoms with Gasteiger partial charge in [-0.05, 0) is 68.3 Å². The topological polar surface area (TPSA) is 94.9 Å². The first-order valence-electron chi connectivity index (χ1n) is 10.1. The molecule has 0 amide bonds. The van der Waals surface area contributed by atoms with E-state index in [2.05, 4.69) is 0 Å². The van der Waals surface area contributed by atoms with Crippen molar-refractivity contribution in [3.63, 3.8) is 0 Å². The van der Waals surface area contributed by atoms with Crippen LogP contribution in [-0.2, 0) is 14.3 Å². The zero-order valence-electron chi connectivity index (χ0n) is 17.9. The van der Waals surface area contributed by atoms with Crippen LogP contribution in [0.25, 0.3) is 6.08 Å². The van der Waals surface area contributed by atoms with Gasteiger partial charge in [0.15, 0.2) is 11.5 Å². The first-order chi connectivity index (χ1) is 15.5. The first kappa shape index (κ1) is 24.8. The number of carbonyl (C=O) groups is 2. The van der Waals surface area contributed by atoms with Crippen LogP contribution in [-0.4, -0.2) is 31.8 Å². The zero-order valence-corrected chi connectivity index (χ0v) is 18.7. The molecule has 7 nitrogen and oxygen atoms in total. The second kappa shape index (κ2) is 13.0. The largest absolute Gasteiger partial charge is 0.494 e. The Morgan fingerprint density at radius 1 is 1.03 bits per heavy atom. The van der Waals surface area contributed by atoms with Gasteiger partial charge in [-0.1, -0.05) is 17.7 Å². The lowest BCUT2D eigenvalue weighted by Crippen LogP contribution is -2.11. The molecular formula is C24H24ClNO6. The number of rotatable bonds is 11. The summed E-state index contributed by atoms with van der Waals surface area (Å²) in [6.45, 7) is 4.31. The Morgan fingerprint density at radius 3 is 2.44 bits per heavy atom. The van der Waals surface area contributed by atoms with Crippen LogP contribution < -0.4 is 14.2 Å². The lowest BCUT2D eigenvalue weighted by Gasteiger charge is -2.12. The molecule has 0 N–H and O–H groups in total. The summed E-state index contributed by atoms with van der Waals surface area (Å²) in [4.78, 5) is 24.0. The molecule has 2 aromatic carbocycles. The van der Waals surface area contributed by atoms with Crippen molar-refractivity contribution >= 4 is 29.6 Å². The first-order valence-corrected chi connectivity index (χ1v) is 10.5. The van der Waals surface area contributed by atoms with Crippen molar-refractivity contribution in [1.82, 2.24) is 0 Å². The minimum absolute atomic E-state index is 0.139. The predicted molar refractivity (Wildman–Crippen MR) is 120 cm³/mol. The minimum Gasteiger partial charge on any atom is -0.494 e. The average molecular weight is 458 g/mol. The summed E-state index contributed by atoms with van der Waals surface area (Å²) in [5, 5.41) is 9.80. The third kappa shape index (κ3) is 7.97. The number of hydrogen-bond donors (Lipinski definition) is 0. The van der Waals surface area contributed by atoms with Crippen molar-refractivity contribution < 1.29 is 28.5 Å². The molecule has 32 heavy (non-hydrogen) atoms. The van der Waals surface area contributed by atoms with Crippen molar-refractivity contribution in [2.75, 3.05) is 19.8 Å². The number of nitrogens with zero attached hydrogens (tertiary/aromatic N) is 1. The molecule has 0 unspecified atom stereocenters. The highest BCUT2D eigenvalue weighted by molar-refractivity contribution is 6.30. The van der Waals surface area contributed by atoms with Crippen LogP contribution in [0.15, 0.2) is 48.0 Å². The fourth-order valence-electron chi connectivity index (χ4n) is 2.59. The number of ether oxygens (including phenoxy) is 4. The Hall–Kier alpha value is -3.50. The lowest BCUT2D eigenvalue weighted by molar-refractivity contribution is -0.138. The van der Waals surface area contributed by atoms with Gasteiger partial charge in [-0.25, -0.2) is 4.79 Å². The average Bonchev–Trinajstić information content (AvgIpc) is 2.78. The molecule has 0 aliphatic carbocycles. The van der Waals surface area contributed by atoms with E-state index in [1.165, 1.54) is 6.08 Å². The van der Waals surface area contributed by atoms with E-state index in [9.17, 15) is 14.9 Å². The van der Waals surface area contributed by atoms with Crippen LogP contribution in [0.4, 0.5) is 0 Å². The highest BCUT2D eigenvalue weighted by Gasteiger charge is 2.14.